The van der Waals surface area contributed by atoms with Gasteiger partial charge in [-0.2, -0.15) is 0 Å². The van der Waals surface area contributed by atoms with E-state index in [0.29, 0.717) is 12.2 Å². The van der Waals surface area contributed by atoms with Crippen molar-refractivity contribution in [2.24, 2.45) is 0 Å². The first kappa shape index (κ1) is 15.6. The van der Waals surface area contributed by atoms with Gasteiger partial charge in [0.15, 0.2) is 0 Å². The van der Waals surface area contributed by atoms with Gasteiger partial charge in [0.05, 0.1) is 6.61 Å². The van der Waals surface area contributed by atoms with Gasteiger partial charge in [-0.15, -0.1) is 0 Å². The highest BCUT2D eigenvalue weighted by molar-refractivity contribution is 9.10. The summed E-state index contributed by atoms with van der Waals surface area (Å²) in [5.41, 5.74) is 0.682. The van der Waals surface area contributed by atoms with Gasteiger partial charge in [0.25, 0.3) is 0 Å². The number of methoxy groups -OCH3 is 1. The molecule has 18 heavy (non-hydrogen) atoms. The summed E-state index contributed by atoms with van der Waals surface area (Å²) in [5.74, 6) is -0.175. The molecule has 1 N–H and O–H groups in total. The molecular formula is C14H21BrFNO. The predicted molar refractivity (Wildman–Crippen MR) is 76.2 cm³/mol. The molecule has 1 rings (SSSR count). The lowest BCUT2D eigenvalue weighted by Gasteiger charge is -2.23. The summed E-state index contributed by atoms with van der Waals surface area (Å²) in [7, 11) is 1.69. The lowest BCUT2D eigenvalue weighted by atomic mass is 10.1. The predicted octanol–water partition coefficient (Wildman–Crippen LogP) is 4.05. The molecule has 0 aliphatic heterocycles. The zero-order chi connectivity index (χ0) is 13.5. The lowest BCUT2D eigenvalue weighted by molar-refractivity contribution is 0.156. The average molecular weight is 318 g/mol. The van der Waals surface area contributed by atoms with Crippen molar-refractivity contribution in [3.8, 4) is 0 Å². The Kier molecular flexibility index (Phi) is 6.82. The van der Waals surface area contributed by atoms with E-state index in [1.54, 1.807) is 13.2 Å². The van der Waals surface area contributed by atoms with Gasteiger partial charge >= 0.3 is 0 Å². The summed E-state index contributed by atoms with van der Waals surface area (Å²) in [6, 6.07) is 5.25. The van der Waals surface area contributed by atoms with Gasteiger partial charge in [-0.1, -0.05) is 29.3 Å². The average Bonchev–Trinajstić information content (AvgIpc) is 2.33. The molecule has 0 heterocycles. The van der Waals surface area contributed by atoms with Crippen molar-refractivity contribution in [1.29, 1.82) is 0 Å². The van der Waals surface area contributed by atoms with Crippen LogP contribution in [0.1, 0.15) is 38.3 Å². The Hall–Kier alpha value is -0.450. The molecule has 0 amide bonds. The smallest absolute Gasteiger partial charge is 0.128 e. The van der Waals surface area contributed by atoms with E-state index in [2.05, 4.69) is 28.2 Å². The third-order valence-electron chi connectivity index (χ3n) is 2.92. The molecule has 0 spiro atoms. The molecule has 2 unspecified atom stereocenters. The minimum absolute atomic E-state index is 0.0331. The fourth-order valence-corrected chi connectivity index (χ4v) is 2.43. The van der Waals surface area contributed by atoms with Crippen LogP contribution in [0.2, 0.25) is 0 Å². The van der Waals surface area contributed by atoms with Crippen LogP contribution in [-0.2, 0) is 4.74 Å². The van der Waals surface area contributed by atoms with E-state index in [0.717, 1.165) is 17.3 Å². The summed E-state index contributed by atoms with van der Waals surface area (Å²) >= 11 is 3.37. The molecule has 4 heteroatoms. The molecule has 0 aromatic heterocycles. The standard InChI is InChI=1S/C14H21BrFNO/c1-4-5-12(9-18-3)17-10(2)13-8-11(15)6-7-14(13)16/h6-8,10,12,17H,4-5,9H2,1-3H3. The third kappa shape index (κ3) is 4.67. The first-order chi connectivity index (χ1) is 8.58. The molecule has 2 nitrogen and oxygen atoms in total. The molecule has 0 saturated carbocycles. The van der Waals surface area contributed by atoms with Gasteiger partial charge in [0.1, 0.15) is 5.82 Å². The monoisotopic (exact) mass is 317 g/mol. The lowest BCUT2D eigenvalue weighted by Crippen LogP contribution is -2.35. The van der Waals surface area contributed by atoms with E-state index in [1.165, 1.54) is 6.07 Å². The van der Waals surface area contributed by atoms with Crippen LogP contribution in [0.5, 0.6) is 0 Å². The Morgan fingerprint density at radius 1 is 1.44 bits per heavy atom. The summed E-state index contributed by atoms with van der Waals surface area (Å²) in [6.07, 6.45) is 2.10. The first-order valence-electron chi connectivity index (χ1n) is 6.28. The number of ether oxygens (including phenoxy) is 1. The Morgan fingerprint density at radius 2 is 2.17 bits per heavy atom. The fourth-order valence-electron chi connectivity index (χ4n) is 2.05. The van der Waals surface area contributed by atoms with Crippen molar-refractivity contribution in [3.63, 3.8) is 0 Å². The summed E-state index contributed by atoms with van der Waals surface area (Å²) < 4.78 is 19.8. The van der Waals surface area contributed by atoms with Crippen LogP contribution in [0.25, 0.3) is 0 Å². The maximum absolute atomic E-state index is 13.8. The van der Waals surface area contributed by atoms with Crippen molar-refractivity contribution >= 4 is 15.9 Å². The van der Waals surface area contributed by atoms with Crippen LogP contribution in [0.15, 0.2) is 22.7 Å². The molecule has 1 aromatic carbocycles. The van der Waals surface area contributed by atoms with Gasteiger partial charge in [-0.05, 0) is 31.5 Å². The van der Waals surface area contributed by atoms with Crippen molar-refractivity contribution in [1.82, 2.24) is 5.32 Å². The van der Waals surface area contributed by atoms with Gasteiger partial charge in [-0.3, -0.25) is 0 Å². The van der Waals surface area contributed by atoms with Crippen LogP contribution in [0, 0.1) is 5.82 Å². The van der Waals surface area contributed by atoms with Crippen LogP contribution in [0.4, 0.5) is 4.39 Å². The largest absolute Gasteiger partial charge is 0.383 e. The van der Waals surface area contributed by atoms with Gasteiger partial charge in [0.2, 0.25) is 0 Å². The Morgan fingerprint density at radius 3 is 2.78 bits per heavy atom. The zero-order valence-electron chi connectivity index (χ0n) is 11.2. The third-order valence-corrected chi connectivity index (χ3v) is 3.41. The minimum Gasteiger partial charge on any atom is -0.383 e. The Bertz CT molecular complexity index is 367. The molecule has 0 saturated heterocycles. The molecular weight excluding hydrogens is 297 g/mol. The number of halogens is 2. The summed E-state index contributed by atoms with van der Waals surface area (Å²) in [4.78, 5) is 0. The number of rotatable bonds is 7. The van der Waals surface area contributed by atoms with Crippen molar-refractivity contribution in [3.05, 3.63) is 34.1 Å². The van der Waals surface area contributed by atoms with Crippen molar-refractivity contribution in [2.75, 3.05) is 13.7 Å². The molecule has 1 aromatic rings. The first-order valence-corrected chi connectivity index (χ1v) is 7.07. The quantitative estimate of drug-likeness (QED) is 0.819. The molecule has 2 atom stereocenters. The second-order valence-corrected chi connectivity index (χ2v) is 5.41. The van der Waals surface area contributed by atoms with Crippen LogP contribution in [0.3, 0.4) is 0 Å². The molecule has 0 bridgehead atoms. The minimum atomic E-state index is -0.175. The second kappa shape index (κ2) is 7.87. The molecule has 0 aliphatic carbocycles. The highest BCUT2D eigenvalue weighted by Gasteiger charge is 2.15. The fraction of sp³-hybridized carbons (Fsp3) is 0.571. The van der Waals surface area contributed by atoms with Gasteiger partial charge < -0.3 is 10.1 Å². The summed E-state index contributed by atoms with van der Waals surface area (Å²) in [6.45, 7) is 4.76. The molecule has 102 valence electrons. The van der Waals surface area contributed by atoms with Crippen molar-refractivity contribution in [2.45, 2.75) is 38.8 Å². The Balaban J connectivity index is 2.73. The van der Waals surface area contributed by atoms with Gasteiger partial charge in [-0.25, -0.2) is 4.39 Å². The number of benzene rings is 1. The zero-order valence-corrected chi connectivity index (χ0v) is 12.8. The van der Waals surface area contributed by atoms with E-state index < -0.39 is 0 Å². The van der Waals surface area contributed by atoms with Crippen LogP contribution < -0.4 is 5.32 Å². The van der Waals surface area contributed by atoms with Gasteiger partial charge in [0, 0.05) is 29.2 Å². The summed E-state index contributed by atoms with van der Waals surface area (Å²) in [5, 5.41) is 3.42. The molecule has 0 fully saturated rings. The highest BCUT2D eigenvalue weighted by atomic mass is 79.9. The number of nitrogens with one attached hydrogen (secondary N) is 1. The van der Waals surface area contributed by atoms with E-state index in [-0.39, 0.29) is 17.9 Å². The van der Waals surface area contributed by atoms with E-state index in [4.69, 9.17) is 4.74 Å². The Labute approximate surface area is 117 Å². The maximum Gasteiger partial charge on any atom is 0.128 e. The molecule has 0 radical (unpaired) electrons. The van der Waals surface area contributed by atoms with E-state index >= 15 is 0 Å². The topological polar surface area (TPSA) is 21.3 Å². The van der Waals surface area contributed by atoms with Crippen LogP contribution in [-0.4, -0.2) is 19.8 Å². The van der Waals surface area contributed by atoms with Crippen molar-refractivity contribution < 1.29 is 9.13 Å². The number of hydrogen-bond acceptors (Lipinski definition) is 2. The second-order valence-electron chi connectivity index (χ2n) is 4.50. The highest BCUT2D eigenvalue weighted by Crippen LogP contribution is 2.22. The number of hydrogen-bond donors (Lipinski definition) is 1. The normalized spacial score (nSPS) is 14.5. The van der Waals surface area contributed by atoms with E-state index in [1.807, 2.05) is 13.0 Å². The van der Waals surface area contributed by atoms with E-state index in [9.17, 15) is 4.39 Å². The SMILES string of the molecule is CCCC(COC)NC(C)c1cc(Br)ccc1F. The maximum atomic E-state index is 13.8. The van der Waals surface area contributed by atoms with Crippen LogP contribution >= 0.6 is 15.9 Å². The molecule has 0 aliphatic rings.